The van der Waals surface area contributed by atoms with E-state index in [4.69, 9.17) is 4.42 Å². The second-order valence-electron chi connectivity index (χ2n) is 14.3. The number of hydrogen-bond donors (Lipinski definition) is 0. The molecule has 0 amide bonds. The van der Waals surface area contributed by atoms with Crippen molar-refractivity contribution in [2.45, 2.75) is 18.4 Å². The van der Waals surface area contributed by atoms with E-state index in [1.54, 1.807) is 0 Å². The van der Waals surface area contributed by atoms with Gasteiger partial charge < -0.3 is 13.9 Å². The minimum Gasteiger partial charge on any atom is -0.456 e. The molecule has 246 valence electrons. The van der Waals surface area contributed by atoms with E-state index in [0.717, 1.165) is 38.8 Å². The Hall–Kier alpha value is -6.58. The predicted octanol–water partition coefficient (Wildman–Crippen LogP) is 12.8. The van der Waals surface area contributed by atoms with Crippen LogP contribution in [0.1, 0.15) is 18.1 Å². The first-order chi connectivity index (χ1) is 25.7. The van der Waals surface area contributed by atoms with E-state index in [0.29, 0.717) is 0 Å². The maximum absolute atomic E-state index is 6.34. The van der Waals surface area contributed by atoms with Crippen LogP contribution in [0.5, 0.6) is 0 Å². The highest BCUT2D eigenvalue weighted by Gasteiger charge is 2.47. The summed E-state index contributed by atoms with van der Waals surface area (Å²) in [7, 11) is 0. The molecule has 0 radical (unpaired) electrons. The van der Waals surface area contributed by atoms with Gasteiger partial charge in [0.1, 0.15) is 11.2 Å². The normalized spacial score (nSPS) is 18.0. The topological polar surface area (TPSA) is 21.3 Å². The number of para-hydroxylation sites is 5. The molecule has 2 unspecified atom stereocenters. The van der Waals surface area contributed by atoms with Gasteiger partial charge in [0.05, 0.1) is 22.8 Å². The van der Waals surface area contributed by atoms with Gasteiger partial charge in [-0.05, 0) is 83.8 Å². The highest BCUT2D eigenvalue weighted by molar-refractivity contribution is 6.11. The highest BCUT2D eigenvalue weighted by Crippen LogP contribution is 2.52. The summed E-state index contributed by atoms with van der Waals surface area (Å²) in [5, 5.41) is 4.77. The second kappa shape index (κ2) is 11.0. The first-order valence-electron chi connectivity index (χ1n) is 18.1. The number of hydrogen-bond acceptors (Lipinski definition) is 2. The Morgan fingerprint density at radius 2 is 1.21 bits per heavy atom. The summed E-state index contributed by atoms with van der Waals surface area (Å²) < 4.78 is 8.79. The number of allylic oxidation sites excluding steroid dienone is 2. The Morgan fingerprint density at radius 1 is 0.538 bits per heavy atom. The molecule has 0 bridgehead atoms. The lowest BCUT2D eigenvalue weighted by molar-refractivity contribution is 0.552. The van der Waals surface area contributed by atoms with E-state index in [2.05, 4.69) is 186 Å². The summed E-state index contributed by atoms with van der Waals surface area (Å²) in [6, 6.07) is 59.3. The molecule has 0 spiro atoms. The van der Waals surface area contributed by atoms with Crippen LogP contribution in [0.4, 0.5) is 11.4 Å². The van der Waals surface area contributed by atoms with E-state index in [1.807, 2.05) is 12.1 Å². The molecule has 0 saturated heterocycles. The molecule has 1 aliphatic heterocycles. The fourth-order valence-electron chi connectivity index (χ4n) is 8.94. The number of benzene rings is 7. The van der Waals surface area contributed by atoms with Crippen LogP contribution >= 0.6 is 0 Å². The zero-order valence-electron chi connectivity index (χ0n) is 28.7. The van der Waals surface area contributed by atoms with Gasteiger partial charge in [-0.25, -0.2) is 0 Å². The molecule has 0 fully saturated rings. The van der Waals surface area contributed by atoms with Crippen molar-refractivity contribution in [2.24, 2.45) is 0 Å². The van der Waals surface area contributed by atoms with Crippen LogP contribution in [0.2, 0.25) is 0 Å². The minimum absolute atomic E-state index is 0.141. The van der Waals surface area contributed by atoms with Gasteiger partial charge in [-0.2, -0.15) is 0 Å². The molecule has 2 atom stereocenters. The van der Waals surface area contributed by atoms with Crippen LogP contribution in [-0.4, -0.2) is 10.6 Å². The first-order valence-corrected chi connectivity index (χ1v) is 18.1. The van der Waals surface area contributed by atoms with Crippen molar-refractivity contribution in [3.05, 3.63) is 193 Å². The molecular formula is C49H34N2O. The molecule has 9 aromatic rings. The third-order valence-corrected chi connectivity index (χ3v) is 11.5. The maximum Gasteiger partial charge on any atom is 0.136 e. The number of nitrogens with zero attached hydrogens (tertiary/aromatic N) is 2. The van der Waals surface area contributed by atoms with Crippen LogP contribution in [0.15, 0.2) is 186 Å². The van der Waals surface area contributed by atoms with Crippen LogP contribution < -0.4 is 4.90 Å². The predicted molar refractivity (Wildman–Crippen MR) is 217 cm³/mol. The largest absolute Gasteiger partial charge is 0.456 e. The molecule has 3 heteroatoms. The molecule has 3 nitrogen and oxygen atoms in total. The van der Waals surface area contributed by atoms with Crippen molar-refractivity contribution < 1.29 is 4.42 Å². The lowest BCUT2D eigenvalue weighted by atomic mass is 9.74. The van der Waals surface area contributed by atoms with E-state index in [-0.39, 0.29) is 11.5 Å². The smallest absolute Gasteiger partial charge is 0.136 e. The van der Waals surface area contributed by atoms with Gasteiger partial charge in [-0.3, -0.25) is 0 Å². The Kier molecular flexibility index (Phi) is 6.15. The average molecular weight is 667 g/mol. The molecule has 0 saturated carbocycles. The zero-order chi connectivity index (χ0) is 34.4. The SMILES string of the molecule is CC12C=CC(c3ccc4c5ccccc5n(-c5ccccc5-c5ccc6c(c5)oc5ccccc56)c4c3)=CC1N(c1ccccc1)c1ccccc12. The molecule has 7 aromatic carbocycles. The molecule has 0 N–H and O–H groups in total. The van der Waals surface area contributed by atoms with Gasteiger partial charge in [0.25, 0.3) is 0 Å². The zero-order valence-corrected chi connectivity index (χ0v) is 28.7. The average Bonchev–Trinajstić information content (AvgIpc) is 3.83. The Balaban J connectivity index is 1.08. The fourth-order valence-corrected chi connectivity index (χ4v) is 8.94. The summed E-state index contributed by atoms with van der Waals surface area (Å²) in [5.74, 6) is 0. The number of aromatic nitrogens is 1. The van der Waals surface area contributed by atoms with Gasteiger partial charge in [-0.15, -0.1) is 0 Å². The molecule has 3 heterocycles. The molecule has 2 aromatic heterocycles. The molecule has 11 rings (SSSR count). The number of anilines is 2. The summed E-state index contributed by atoms with van der Waals surface area (Å²) in [6.07, 6.45) is 7.25. The lowest BCUT2D eigenvalue weighted by Crippen LogP contribution is -2.39. The van der Waals surface area contributed by atoms with Crippen molar-refractivity contribution in [3.8, 4) is 16.8 Å². The quantitative estimate of drug-likeness (QED) is 0.186. The lowest BCUT2D eigenvalue weighted by Gasteiger charge is -2.36. The summed E-state index contributed by atoms with van der Waals surface area (Å²) in [4.78, 5) is 2.52. The Labute approximate surface area is 302 Å². The summed E-state index contributed by atoms with van der Waals surface area (Å²) in [5.41, 5.74) is 13.8. The van der Waals surface area contributed by atoms with Gasteiger partial charge in [0, 0.05) is 43.9 Å². The van der Waals surface area contributed by atoms with Crippen LogP contribution in [-0.2, 0) is 5.41 Å². The van der Waals surface area contributed by atoms with Crippen molar-refractivity contribution in [1.82, 2.24) is 4.57 Å². The number of rotatable bonds is 4. The van der Waals surface area contributed by atoms with E-state index in [9.17, 15) is 0 Å². The third kappa shape index (κ3) is 4.14. The van der Waals surface area contributed by atoms with Crippen molar-refractivity contribution >= 4 is 60.7 Å². The highest BCUT2D eigenvalue weighted by atomic mass is 16.3. The summed E-state index contributed by atoms with van der Waals surface area (Å²) in [6.45, 7) is 2.38. The van der Waals surface area contributed by atoms with Crippen molar-refractivity contribution in [3.63, 3.8) is 0 Å². The van der Waals surface area contributed by atoms with Crippen molar-refractivity contribution in [1.29, 1.82) is 0 Å². The number of furan rings is 1. The summed E-state index contributed by atoms with van der Waals surface area (Å²) >= 11 is 0. The van der Waals surface area contributed by atoms with Gasteiger partial charge in [0.15, 0.2) is 0 Å². The molecule has 1 aliphatic carbocycles. The monoisotopic (exact) mass is 666 g/mol. The van der Waals surface area contributed by atoms with Gasteiger partial charge >= 0.3 is 0 Å². The number of fused-ring (bicyclic) bond motifs is 9. The van der Waals surface area contributed by atoms with Crippen LogP contribution in [0.25, 0.3) is 66.1 Å². The minimum atomic E-state index is -0.144. The maximum atomic E-state index is 6.34. The van der Waals surface area contributed by atoms with E-state index in [1.165, 1.54) is 49.9 Å². The first kappa shape index (κ1) is 29.2. The standard InChI is InChI=1S/C49H34N2O/c1-49-28-27-33(31-48(49)50(35-13-3-2-4-14-35)44-21-11-8-18-41(44)49)32-23-25-38-37-16-6-10-20-43(37)51(45(38)29-32)42-19-9-5-15-36(42)34-24-26-40-39-17-7-12-22-46(39)52-47(40)30-34/h2-31,48H,1H3. The van der Waals surface area contributed by atoms with Crippen LogP contribution in [0, 0.1) is 0 Å². The van der Waals surface area contributed by atoms with E-state index < -0.39 is 0 Å². The Bertz CT molecular complexity index is 2940. The van der Waals surface area contributed by atoms with Gasteiger partial charge in [-0.1, -0.05) is 127 Å². The fraction of sp³-hybridized carbons (Fsp3) is 0.0612. The molecule has 2 aliphatic rings. The third-order valence-electron chi connectivity index (χ3n) is 11.5. The van der Waals surface area contributed by atoms with Crippen LogP contribution in [0.3, 0.4) is 0 Å². The second-order valence-corrected chi connectivity index (χ2v) is 14.3. The van der Waals surface area contributed by atoms with Crippen molar-refractivity contribution in [2.75, 3.05) is 4.90 Å². The Morgan fingerprint density at radius 3 is 2.12 bits per heavy atom. The molecule has 52 heavy (non-hydrogen) atoms. The van der Waals surface area contributed by atoms with Gasteiger partial charge in [0.2, 0.25) is 0 Å². The van der Waals surface area contributed by atoms with E-state index >= 15 is 0 Å². The molecular weight excluding hydrogens is 633 g/mol.